The molecule has 1 aromatic heterocycles. The van der Waals surface area contributed by atoms with Gasteiger partial charge in [-0.1, -0.05) is 31.2 Å². The van der Waals surface area contributed by atoms with Crippen molar-refractivity contribution in [1.29, 1.82) is 0 Å². The average molecular weight is 217 g/mol. The van der Waals surface area contributed by atoms with E-state index in [1.807, 2.05) is 12.1 Å². The minimum Gasteiger partial charge on any atom is -0.424 e. The predicted octanol–water partition coefficient (Wildman–Crippen LogP) is 1.99. The molecule has 0 aliphatic rings. The molecule has 0 saturated carbocycles. The highest BCUT2D eigenvalue weighted by Gasteiger charge is 2.14. The number of nitrogens with zero attached hydrogens (tertiary/aromatic N) is 2. The van der Waals surface area contributed by atoms with Crippen LogP contribution in [0.15, 0.2) is 28.7 Å². The lowest BCUT2D eigenvalue weighted by atomic mass is 10.0. The zero-order chi connectivity index (χ0) is 11.5. The second-order valence-electron chi connectivity index (χ2n) is 3.73. The topological polar surface area (TPSA) is 64.9 Å². The van der Waals surface area contributed by atoms with Crippen LogP contribution in [0.3, 0.4) is 0 Å². The summed E-state index contributed by atoms with van der Waals surface area (Å²) in [5.74, 6) is 0.998. The molecular weight excluding hydrogens is 202 g/mol. The van der Waals surface area contributed by atoms with Crippen molar-refractivity contribution in [2.75, 3.05) is 0 Å². The molecule has 0 spiro atoms. The van der Waals surface area contributed by atoms with Crippen molar-refractivity contribution >= 4 is 0 Å². The second kappa shape index (κ2) is 4.45. The summed E-state index contributed by atoms with van der Waals surface area (Å²) in [5, 5.41) is 7.69. The third-order valence-electron chi connectivity index (χ3n) is 2.55. The van der Waals surface area contributed by atoms with E-state index in [9.17, 15) is 0 Å². The molecule has 1 unspecified atom stereocenters. The van der Waals surface area contributed by atoms with Crippen LogP contribution in [-0.2, 0) is 6.42 Å². The van der Waals surface area contributed by atoms with Gasteiger partial charge in [0.05, 0.1) is 0 Å². The molecule has 0 amide bonds. The van der Waals surface area contributed by atoms with Gasteiger partial charge in [-0.05, 0) is 17.5 Å². The van der Waals surface area contributed by atoms with Crippen molar-refractivity contribution < 1.29 is 4.42 Å². The van der Waals surface area contributed by atoms with Gasteiger partial charge in [-0.15, -0.1) is 10.2 Å². The summed E-state index contributed by atoms with van der Waals surface area (Å²) in [6.07, 6.45) is 1.02. The summed E-state index contributed by atoms with van der Waals surface area (Å²) in [6.45, 7) is 3.87. The number of rotatable bonds is 3. The third-order valence-corrected chi connectivity index (χ3v) is 2.55. The van der Waals surface area contributed by atoms with E-state index in [1.165, 1.54) is 5.56 Å². The molecule has 0 aliphatic carbocycles. The Hall–Kier alpha value is -1.68. The van der Waals surface area contributed by atoms with E-state index in [1.54, 1.807) is 6.92 Å². The first kappa shape index (κ1) is 10.8. The molecule has 1 atom stereocenters. The van der Waals surface area contributed by atoms with E-state index >= 15 is 0 Å². The maximum Gasteiger partial charge on any atom is 0.237 e. The zero-order valence-corrected chi connectivity index (χ0v) is 9.47. The highest BCUT2D eigenvalue weighted by atomic mass is 16.4. The van der Waals surface area contributed by atoms with Gasteiger partial charge in [-0.2, -0.15) is 0 Å². The number of hydrogen-bond donors (Lipinski definition) is 1. The summed E-state index contributed by atoms with van der Waals surface area (Å²) in [6, 6.07) is 7.80. The van der Waals surface area contributed by atoms with Crippen LogP contribution in [0, 0.1) is 6.92 Å². The van der Waals surface area contributed by atoms with Crippen molar-refractivity contribution in [3.05, 3.63) is 47.2 Å². The maximum absolute atomic E-state index is 6.02. The van der Waals surface area contributed by atoms with E-state index in [2.05, 4.69) is 29.3 Å². The smallest absolute Gasteiger partial charge is 0.237 e. The molecule has 0 fully saturated rings. The molecule has 2 aromatic rings. The van der Waals surface area contributed by atoms with Crippen LogP contribution in [0.4, 0.5) is 0 Å². The molecule has 1 heterocycles. The lowest BCUT2D eigenvalue weighted by molar-refractivity contribution is 0.450. The summed E-state index contributed by atoms with van der Waals surface area (Å²) in [4.78, 5) is 0. The van der Waals surface area contributed by atoms with Gasteiger partial charge in [0, 0.05) is 6.92 Å². The zero-order valence-electron chi connectivity index (χ0n) is 9.47. The fourth-order valence-electron chi connectivity index (χ4n) is 1.54. The van der Waals surface area contributed by atoms with Crippen molar-refractivity contribution in [2.45, 2.75) is 26.3 Å². The molecule has 4 heteroatoms. The Morgan fingerprint density at radius 1 is 1.25 bits per heavy atom. The van der Waals surface area contributed by atoms with Gasteiger partial charge in [-0.25, -0.2) is 0 Å². The van der Waals surface area contributed by atoms with Crippen LogP contribution in [0.2, 0.25) is 0 Å². The van der Waals surface area contributed by atoms with Crippen LogP contribution in [0.5, 0.6) is 0 Å². The highest BCUT2D eigenvalue weighted by Crippen LogP contribution is 2.18. The lowest BCUT2D eigenvalue weighted by Gasteiger charge is -2.07. The minimum absolute atomic E-state index is 0.341. The Labute approximate surface area is 94.5 Å². The first-order valence-electron chi connectivity index (χ1n) is 5.35. The summed E-state index contributed by atoms with van der Waals surface area (Å²) < 4.78 is 5.31. The van der Waals surface area contributed by atoms with Gasteiger partial charge in [0.2, 0.25) is 11.8 Å². The first-order valence-corrected chi connectivity index (χ1v) is 5.35. The van der Waals surface area contributed by atoms with Crippen molar-refractivity contribution in [1.82, 2.24) is 10.2 Å². The van der Waals surface area contributed by atoms with Gasteiger partial charge >= 0.3 is 0 Å². The summed E-state index contributed by atoms with van der Waals surface area (Å²) in [5.41, 5.74) is 8.30. The molecule has 0 radical (unpaired) electrons. The standard InChI is InChI=1S/C12H15N3O/c1-3-9-4-6-10(7-5-9)11(13)12-15-14-8(2)16-12/h4-7,11H,3,13H2,1-2H3. The van der Waals surface area contributed by atoms with E-state index < -0.39 is 0 Å². The Morgan fingerprint density at radius 2 is 1.94 bits per heavy atom. The van der Waals surface area contributed by atoms with Gasteiger partial charge < -0.3 is 10.2 Å². The van der Waals surface area contributed by atoms with Crippen LogP contribution in [0.1, 0.15) is 35.9 Å². The third kappa shape index (κ3) is 2.12. The Bertz CT molecular complexity index is 461. The number of aromatic nitrogens is 2. The van der Waals surface area contributed by atoms with E-state index in [-0.39, 0.29) is 6.04 Å². The molecule has 84 valence electrons. The highest BCUT2D eigenvalue weighted by molar-refractivity contribution is 5.27. The molecule has 4 nitrogen and oxygen atoms in total. The number of aryl methyl sites for hydroxylation is 2. The predicted molar refractivity (Wildman–Crippen MR) is 60.9 cm³/mol. The van der Waals surface area contributed by atoms with E-state index in [0.717, 1.165) is 12.0 Å². The molecule has 0 bridgehead atoms. The van der Waals surface area contributed by atoms with Crippen LogP contribution < -0.4 is 5.73 Å². The molecular formula is C12H15N3O. The maximum atomic E-state index is 6.02. The molecule has 0 saturated heterocycles. The van der Waals surface area contributed by atoms with Crippen LogP contribution in [0.25, 0.3) is 0 Å². The van der Waals surface area contributed by atoms with Crippen LogP contribution >= 0.6 is 0 Å². The largest absolute Gasteiger partial charge is 0.424 e. The molecule has 2 rings (SSSR count). The monoisotopic (exact) mass is 217 g/mol. The van der Waals surface area contributed by atoms with Gasteiger partial charge in [0.15, 0.2) is 0 Å². The Balaban J connectivity index is 2.23. The van der Waals surface area contributed by atoms with Crippen molar-refractivity contribution in [3.8, 4) is 0 Å². The SMILES string of the molecule is CCc1ccc(C(N)c2nnc(C)o2)cc1. The first-order chi connectivity index (χ1) is 7.70. The number of benzene rings is 1. The summed E-state index contributed by atoms with van der Waals surface area (Å²) in [7, 11) is 0. The van der Waals surface area contributed by atoms with E-state index in [0.29, 0.717) is 11.8 Å². The molecule has 0 aliphatic heterocycles. The summed E-state index contributed by atoms with van der Waals surface area (Å²) >= 11 is 0. The fraction of sp³-hybridized carbons (Fsp3) is 0.333. The quantitative estimate of drug-likeness (QED) is 0.853. The number of nitrogens with two attached hydrogens (primary N) is 1. The lowest BCUT2D eigenvalue weighted by Crippen LogP contribution is -2.12. The fourth-order valence-corrected chi connectivity index (χ4v) is 1.54. The van der Waals surface area contributed by atoms with Crippen LogP contribution in [-0.4, -0.2) is 10.2 Å². The number of hydrogen-bond acceptors (Lipinski definition) is 4. The van der Waals surface area contributed by atoms with Gasteiger partial charge in [0.1, 0.15) is 6.04 Å². The molecule has 1 aromatic carbocycles. The Morgan fingerprint density at radius 3 is 2.44 bits per heavy atom. The molecule has 2 N–H and O–H groups in total. The van der Waals surface area contributed by atoms with Crippen molar-refractivity contribution in [3.63, 3.8) is 0 Å². The Kier molecular flexibility index (Phi) is 3.01. The van der Waals surface area contributed by atoms with Crippen molar-refractivity contribution in [2.24, 2.45) is 5.73 Å². The normalized spacial score (nSPS) is 12.7. The van der Waals surface area contributed by atoms with E-state index in [4.69, 9.17) is 10.2 Å². The molecule has 16 heavy (non-hydrogen) atoms. The van der Waals surface area contributed by atoms with Gasteiger partial charge in [0.25, 0.3) is 0 Å². The minimum atomic E-state index is -0.341. The second-order valence-corrected chi connectivity index (χ2v) is 3.73. The average Bonchev–Trinajstić information content (AvgIpc) is 2.75. The van der Waals surface area contributed by atoms with Gasteiger partial charge in [-0.3, -0.25) is 0 Å².